The van der Waals surface area contributed by atoms with Crippen molar-refractivity contribution in [2.75, 3.05) is 0 Å². The molecule has 1 aromatic carbocycles. The number of benzene rings is 1. The molecule has 0 saturated carbocycles. The number of rotatable bonds is 1. The van der Waals surface area contributed by atoms with Crippen LogP contribution < -0.4 is 5.56 Å². The van der Waals surface area contributed by atoms with E-state index < -0.39 is 0 Å². The first-order valence-electron chi connectivity index (χ1n) is 5.41. The van der Waals surface area contributed by atoms with Gasteiger partial charge in [-0.1, -0.05) is 12.1 Å². The third-order valence-corrected chi connectivity index (χ3v) is 3.62. The van der Waals surface area contributed by atoms with Gasteiger partial charge in [-0.05, 0) is 41.5 Å². The van der Waals surface area contributed by atoms with E-state index in [0.29, 0.717) is 0 Å². The summed E-state index contributed by atoms with van der Waals surface area (Å²) in [6.45, 7) is 2.03. The molecule has 1 N–H and O–H groups in total. The van der Waals surface area contributed by atoms with E-state index in [1.807, 2.05) is 48.0 Å². The summed E-state index contributed by atoms with van der Waals surface area (Å²) in [5, 5.41) is 5.83. The lowest BCUT2D eigenvalue weighted by molar-refractivity contribution is 1.28. The Bertz CT molecular complexity index is 726. The largest absolute Gasteiger partial charge is 0.321 e. The fraction of sp³-hybridized carbons (Fsp3) is 0.0714. The molecular weight excluding hydrogens is 230 g/mol. The van der Waals surface area contributed by atoms with Gasteiger partial charge in [-0.2, -0.15) is 11.3 Å². The number of nitrogens with one attached hydrogen (secondary N) is 1. The molecule has 3 aromatic rings. The first-order chi connectivity index (χ1) is 8.25. The van der Waals surface area contributed by atoms with Crippen molar-refractivity contribution in [3.05, 3.63) is 57.0 Å². The van der Waals surface area contributed by atoms with Crippen LogP contribution in [-0.4, -0.2) is 4.98 Å². The summed E-state index contributed by atoms with van der Waals surface area (Å²) >= 11 is 1.63. The highest BCUT2D eigenvalue weighted by Crippen LogP contribution is 2.23. The number of pyridine rings is 1. The second kappa shape index (κ2) is 3.86. The molecule has 0 bridgehead atoms. The van der Waals surface area contributed by atoms with Crippen LogP contribution in [0, 0.1) is 6.92 Å². The first-order valence-corrected chi connectivity index (χ1v) is 6.35. The predicted octanol–water partition coefficient (Wildman–Crippen LogP) is 3.57. The molecule has 17 heavy (non-hydrogen) atoms. The van der Waals surface area contributed by atoms with E-state index in [1.54, 1.807) is 11.3 Å². The van der Waals surface area contributed by atoms with Crippen molar-refractivity contribution in [2.24, 2.45) is 0 Å². The maximum absolute atomic E-state index is 12.0. The molecule has 0 aliphatic carbocycles. The molecule has 2 aromatic heterocycles. The van der Waals surface area contributed by atoms with Gasteiger partial charge in [0.25, 0.3) is 5.56 Å². The van der Waals surface area contributed by atoms with Gasteiger partial charge in [0.1, 0.15) is 0 Å². The van der Waals surface area contributed by atoms with Gasteiger partial charge >= 0.3 is 0 Å². The maximum atomic E-state index is 12.0. The Balaban J connectivity index is 2.38. The van der Waals surface area contributed by atoms with Gasteiger partial charge in [-0.15, -0.1) is 0 Å². The maximum Gasteiger partial charge on any atom is 0.256 e. The van der Waals surface area contributed by atoms with Crippen molar-refractivity contribution in [1.82, 2.24) is 4.98 Å². The van der Waals surface area contributed by atoms with Crippen molar-refractivity contribution in [1.29, 1.82) is 0 Å². The second-order valence-electron chi connectivity index (χ2n) is 4.06. The molecule has 0 atom stereocenters. The van der Waals surface area contributed by atoms with E-state index in [-0.39, 0.29) is 5.56 Å². The van der Waals surface area contributed by atoms with Gasteiger partial charge in [0.05, 0.1) is 0 Å². The minimum Gasteiger partial charge on any atom is -0.321 e. The first kappa shape index (κ1) is 10.3. The summed E-state index contributed by atoms with van der Waals surface area (Å²) in [5.41, 5.74) is 3.06. The number of hydrogen-bond donors (Lipinski definition) is 1. The summed E-state index contributed by atoms with van der Waals surface area (Å²) in [4.78, 5) is 14.9. The van der Waals surface area contributed by atoms with Crippen LogP contribution in [0.15, 0.2) is 45.9 Å². The quantitative estimate of drug-likeness (QED) is 0.694. The average Bonchev–Trinajstić information content (AvgIpc) is 2.84. The van der Waals surface area contributed by atoms with Crippen molar-refractivity contribution in [3.63, 3.8) is 0 Å². The normalized spacial score (nSPS) is 10.9. The van der Waals surface area contributed by atoms with Crippen LogP contribution in [0.4, 0.5) is 0 Å². The number of aromatic amines is 1. The summed E-state index contributed by atoms with van der Waals surface area (Å²) in [7, 11) is 0. The third kappa shape index (κ3) is 1.68. The van der Waals surface area contributed by atoms with Crippen LogP contribution in [0.5, 0.6) is 0 Å². The standard InChI is InChI=1S/C14H11NOS/c1-9-3-2-4-11-12(9)7-13(15-14(11)16)10-5-6-17-8-10/h2-8H,1H3,(H,15,16). The molecule has 0 saturated heterocycles. The minimum absolute atomic E-state index is 0.0209. The van der Waals surface area contributed by atoms with Crippen molar-refractivity contribution < 1.29 is 0 Å². The van der Waals surface area contributed by atoms with Crippen LogP contribution in [0.2, 0.25) is 0 Å². The van der Waals surface area contributed by atoms with Crippen molar-refractivity contribution >= 4 is 22.1 Å². The molecule has 0 spiro atoms. The fourth-order valence-corrected chi connectivity index (χ4v) is 2.67. The molecule has 2 nitrogen and oxygen atoms in total. The zero-order chi connectivity index (χ0) is 11.8. The highest BCUT2D eigenvalue weighted by molar-refractivity contribution is 7.08. The van der Waals surface area contributed by atoms with Crippen molar-refractivity contribution in [3.8, 4) is 11.3 Å². The van der Waals surface area contributed by atoms with Gasteiger partial charge in [0.2, 0.25) is 0 Å². The smallest absolute Gasteiger partial charge is 0.256 e. The molecule has 0 amide bonds. The monoisotopic (exact) mass is 241 g/mol. The van der Waals surface area contributed by atoms with Gasteiger partial charge in [0.15, 0.2) is 0 Å². The van der Waals surface area contributed by atoms with Gasteiger partial charge in [0, 0.05) is 22.0 Å². The lowest BCUT2D eigenvalue weighted by Gasteiger charge is -2.04. The summed E-state index contributed by atoms with van der Waals surface area (Å²) in [6, 6.07) is 9.86. The number of aryl methyl sites for hydroxylation is 1. The van der Waals surface area contributed by atoms with Crippen LogP contribution >= 0.6 is 11.3 Å². The average molecular weight is 241 g/mol. The zero-order valence-electron chi connectivity index (χ0n) is 9.36. The zero-order valence-corrected chi connectivity index (χ0v) is 10.2. The molecule has 0 radical (unpaired) electrons. The van der Waals surface area contributed by atoms with E-state index in [4.69, 9.17) is 0 Å². The summed E-state index contributed by atoms with van der Waals surface area (Å²) in [5.74, 6) is 0. The Labute approximate surface area is 103 Å². The minimum atomic E-state index is -0.0209. The molecule has 3 rings (SSSR count). The Morgan fingerprint density at radius 3 is 2.82 bits per heavy atom. The molecule has 2 heterocycles. The van der Waals surface area contributed by atoms with E-state index in [1.165, 1.54) is 0 Å². The molecular formula is C14H11NOS. The topological polar surface area (TPSA) is 32.9 Å². The number of thiophene rings is 1. The Morgan fingerprint density at radius 1 is 1.18 bits per heavy atom. The molecule has 0 fully saturated rings. The fourth-order valence-electron chi connectivity index (χ4n) is 2.01. The molecule has 0 unspecified atom stereocenters. The summed E-state index contributed by atoms with van der Waals surface area (Å²) in [6.07, 6.45) is 0. The SMILES string of the molecule is Cc1cccc2c(=O)[nH]c(-c3ccsc3)cc12. The summed E-state index contributed by atoms with van der Waals surface area (Å²) < 4.78 is 0. The van der Waals surface area contributed by atoms with Crippen molar-refractivity contribution in [2.45, 2.75) is 6.92 Å². The van der Waals surface area contributed by atoms with E-state index in [0.717, 1.165) is 27.6 Å². The molecule has 3 heteroatoms. The van der Waals surface area contributed by atoms with Gasteiger partial charge in [-0.3, -0.25) is 4.79 Å². The van der Waals surface area contributed by atoms with Crippen LogP contribution in [0.25, 0.3) is 22.0 Å². The van der Waals surface area contributed by atoms with E-state index in [2.05, 4.69) is 4.98 Å². The highest BCUT2D eigenvalue weighted by Gasteiger charge is 2.05. The third-order valence-electron chi connectivity index (χ3n) is 2.94. The van der Waals surface area contributed by atoms with Crippen LogP contribution in [0.1, 0.15) is 5.56 Å². The second-order valence-corrected chi connectivity index (χ2v) is 4.84. The van der Waals surface area contributed by atoms with Gasteiger partial charge in [-0.25, -0.2) is 0 Å². The molecule has 0 aliphatic heterocycles. The molecule has 84 valence electrons. The van der Waals surface area contributed by atoms with Crippen LogP contribution in [0.3, 0.4) is 0 Å². The van der Waals surface area contributed by atoms with E-state index >= 15 is 0 Å². The van der Waals surface area contributed by atoms with E-state index in [9.17, 15) is 4.79 Å². The van der Waals surface area contributed by atoms with Gasteiger partial charge < -0.3 is 4.98 Å². The Morgan fingerprint density at radius 2 is 2.06 bits per heavy atom. The number of aromatic nitrogens is 1. The predicted molar refractivity (Wildman–Crippen MR) is 72.6 cm³/mol. The lowest BCUT2D eigenvalue weighted by Crippen LogP contribution is -2.07. The lowest BCUT2D eigenvalue weighted by atomic mass is 10.1. The number of hydrogen-bond acceptors (Lipinski definition) is 2. The highest BCUT2D eigenvalue weighted by atomic mass is 32.1. The molecule has 0 aliphatic rings. The van der Waals surface area contributed by atoms with Crippen LogP contribution in [-0.2, 0) is 0 Å². The Kier molecular flexibility index (Phi) is 2.34. The number of fused-ring (bicyclic) bond motifs is 1. The number of H-pyrrole nitrogens is 1. The Hall–Kier alpha value is -1.87.